The van der Waals surface area contributed by atoms with E-state index in [1.165, 1.54) is 0 Å². The summed E-state index contributed by atoms with van der Waals surface area (Å²) < 4.78 is 27.2. The van der Waals surface area contributed by atoms with Gasteiger partial charge in [0.1, 0.15) is 0 Å². The van der Waals surface area contributed by atoms with Crippen LogP contribution in [0.3, 0.4) is 0 Å². The van der Waals surface area contributed by atoms with Crippen molar-refractivity contribution in [3.8, 4) is 0 Å². The Morgan fingerprint density at radius 3 is 2.45 bits per heavy atom. The molecule has 0 aromatic heterocycles. The van der Waals surface area contributed by atoms with Gasteiger partial charge in [0.05, 0.1) is 4.90 Å². The lowest BCUT2D eigenvalue weighted by molar-refractivity contribution is 0.601. The van der Waals surface area contributed by atoms with Gasteiger partial charge in [-0.25, -0.2) is 8.42 Å². The number of nitrogens with one attached hydrogen (secondary N) is 2. The highest BCUT2D eigenvalue weighted by atomic mass is 35.5. The number of anilines is 1. The molecule has 1 aliphatic rings. The Hall–Kier alpha value is -1.56. The molecule has 0 spiro atoms. The van der Waals surface area contributed by atoms with Gasteiger partial charge in [-0.1, -0.05) is 17.7 Å². The van der Waals surface area contributed by atoms with Crippen LogP contribution in [0.4, 0.5) is 5.69 Å². The molecule has 104 valence electrons. The average Bonchev–Trinajstić information content (AvgIpc) is 2.88. The van der Waals surface area contributed by atoms with E-state index in [0.29, 0.717) is 17.3 Å². The molecular formula is C14H13ClN2O2S. The van der Waals surface area contributed by atoms with Gasteiger partial charge in [0, 0.05) is 23.8 Å². The standard InChI is InChI=1S/C14H13ClN2O2S/c15-12-2-4-13(5-3-12)17-20(18,19)14-6-1-10-8-16-9-11(10)7-14/h1-7,16-17H,8-9H2. The maximum atomic E-state index is 12.3. The number of sulfonamides is 1. The number of hydrogen-bond donors (Lipinski definition) is 2. The summed E-state index contributed by atoms with van der Waals surface area (Å²) in [7, 11) is -3.57. The molecule has 0 amide bonds. The normalized spacial score (nSPS) is 14.1. The molecule has 1 aliphatic heterocycles. The molecule has 0 unspecified atom stereocenters. The molecule has 6 heteroatoms. The Kier molecular flexibility index (Phi) is 3.41. The minimum atomic E-state index is -3.57. The van der Waals surface area contributed by atoms with Gasteiger partial charge < -0.3 is 5.32 Å². The summed E-state index contributed by atoms with van der Waals surface area (Å²) in [5.41, 5.74) is 2.67. The molecule has 2 aromatic rings. The summed E-state index contributed by atoms with van der Waals surface area (Å²) in [4.78, 5) is 0.273. The predicted octanol–water partition coefficient (Wildman–Crippen LogP) is 2.74. The Morgan fingerprint density at radius 2 is 1.70 bits per heavy atom. The summed E-state index contributed by atoms with van der Waals surface area (Å²) in [6, 6.07) is 11.8. The lowest BCUT2D eigenvalue weighted by Crippen LogP contribution is -2.13. The highest BCUT2D eigenvalue weighted by Gasteiger charge is 2.18. The second kappa shape index (κ2) is 5.09. The van der Waals surface area contributed by atoms with E-state index in [1.807, 2.05) is 6.07 Å². The van der Waals surface area contributed by atoms with E-state index in [4.69, 9.17) is 11.6 Å². The van der Waals surface area contributed by atoms with Crippen LogP contribution in [0.5, 0.6) is 0 Å². The van der Waals surface area contributed by atoms with E-state index in [9.17, 15) is 8.42 Å². The van der Waals surface area contributed by atoms with Gasteiger partial charge in [0.2, 0.25) is 0 Å². The van der Waals surface area contributed by atoms with Gasteiger partial charge in [-0.15, -0.1) is 0 Å². The third-order valence-corrected chi connectivity index (χ3v) is 4.85. The SMILES string of the molecule is O=S(=O)(Nc1ccc(Cl)cc1)c1ccc2c(c1)CNC2. The molecule has 0 radical (unpaired) electrons. The van der Waals surface area contributed by atoms with Crippen LogP contribution in [0.15, 0.2) is 47.4 Å². The van der Waals surface area contributed by atoms with Crippen molar-refractivity contribution in [3.63, 3.8) is 0 Å². The van der Waals surface area contributed by atoms with Gasteiger partial charge in [0.25, 0.3) is 10.0 Å². The van der Waals surface area contributed by atoms with Crippen LogP contribution in [0.25, 0.3) is 0 Å². The highest BCUT2D eigenvalue weighted by molar-refractivity contribution is 7.92. The quantitative estimate of drug-likeness (QED) is 0.916. The van der Waals surface area contributed by atoms with Crippen molar-refractivity contribution < 1.29 is 8.42 Å². The summed E-state index contributed by atoms with van der Waals surface area (Å²) in [5, 5.41) is 3.76. The summed E-state index contributed by atoms with van der Waals surface area (Å²) in [5.74, 6) is 0. The van der Waals surface area contributed by atoms with E-state index in [2.05, 4.69) is 10.0 Å². The molecule has 4 nitrogen and oxygen atoms in total. The van der Waals surface area contributed by atoms with Crippen LogP contribution < -0.4 is 10.0 Å². The fraction of sp³-hybridized carbons (Fsp3) is 0.143. The largest absolute Gasteiger partial charge is 0.309 e. The monoisotopic (exact) mass is 308 g/mol. The topological polar surface area (TPSA) is 58.2 Å². The second-order valence-electron chi connectivity index (χ2n) is 4.65. The minimum Gasteiger partial charge on any atom is -0.309 e. The van der Waals surface area contributed by atoms with Gasteiger partial charge in [-0.2, -0.15) is 0 Å². The van der Waals surface area contributed by atoms with Gasteiger partial charge in [0.15, 0.2) is 0 Å². The molecule has 0 aliphatic carbocycles. The first-order valence-corrected chi connectivity index (χ1v) is 8.02. The maximum Gasteiger partial charge on any atom is 0.261 e. The predicted molar refractivity (Wildman–Crippen MR) is 79.2 cm³/mol. The summed E-state index contributed by atoms with van der Waals surface area (Å²) in [6.07, 6.45) is 0. The minimum absolute atomic E-state index is 0.273. The zero-order valence-electron chi connectivity index (χ0n) is 10.6. The summed E-state index contributed by atoms with van der Waals surface area (Å²) >= 11 is 5.78. The molecule has 0 saturated heterocycles. The number of hydrogen-bond acceptors (Lipinski definition) is 3. The van der Waals surface area contributed by atoms with Crippen LogP contribution in [0.1, 0.15) is 11.1 Å². The smallest absolute Gasteiger partial charge is 0.261 e. The first-order chi connectivity index (χ1) is 9.54. The highest BCUT2D eigenvalue weighted by Crippen LogP contribution is 2.22. The lowest BCUT2D eigenvalue weighted by Gasteiger charge is -2.09. The van der Waals surface area contributed by atoms with E-state index in [1.54, 1.807) is 36.4 Å². The Labute approximate surface area is 122 Å². The van der Waals surface area contributed by atoms with Crippen molar-refractivity contribution in [2.45, 2.75) is 18.0 Å². The first kappa shape index (κ1) is 13.4. The second-order valence-corrected chi connectivity index (χ2v) is 6.77. The zero-order chi connectivity index (χ0) is 14.2. The molecule has 20 heavy (non-hydrogen) atoms. The molecule has 3 rings (SSSR count). The molecular weight excluding hydrogens is 296 g/mol. The van der Waals surface area contributed by atoms with Crippen LogP contribution in [0, 0.1) is 0 Å². The Balaban J connectivity index is 1.90. The number of rotatable bonds is 3. The maximum absolute atomic E-state index is 12.3. The molecule has 0 saturated carbocycles. The molecule has 0 bridgehead atoms. The van der Waals surface area contributed by atoms with Crippen molar-refractivity contribution in [2.24, 2.45) is 0 Å². The molecule has 2 N–H and O–H groups in total. The molecule has 1 heterocycles. The average molecular weight is 309 g/mol. The van der Waals surface area contributed by atoms with Crippen LogP contribution >= 0.6 is 11.6 Å². The third kappa shape index (κ3) is 2.65. The Bertz CT molecular complexity index is 742. The zero-order valence-corrected chi connectivity index (χ0v) is 12.1. The van der Waals surface area contributed by atoms with Gasteiger partial charge in [-0.3, -0.25) is 4.72 Å². The number of fused-ring (bicyclic) bond motifs is 1. The lowest BCUT2D eigenvalue weighted by atomic mass is 10.1. The Morgan fingerprint density at radius 1 is 1.00 bits per heavy atom. The van der Waals surface area contributed by atoms with E-state index in [-0.39, 0.29) is 4.90 Å². The van der Waals surface area contributed by atoms with Crippen molar-refractivity contribution in [1.29, 1.82) is 0 Å². The molecule has 0 fully saturated rings. The summed E-state index contributed by atoms with van der Waals surface area (Å²) in [6.45, 7) is 1.50. The van der Waals surface area contributed by atoms with Crippen molar-refractivity contribution >= 4 is 27.3 Å². The number of halogens is 1. The van der Waals surface area contributed by atoms with Crippen molar-refractivity contribution in [2.75, 3.05) is 4.72 Å². The van der Waals surface area contributed by atoms with Gasteiger partial charge in [-0.05, 0) is 47.5 Å². The van der Waals surface area contributed by atoms with Crippen molar-refractivity contribution in [1.82, 2.24) is 5.32 Å². The molecule has 2 aromatic carbocycles. The van der Waals surface area contributed by atoms with Gasteiger partial charge >= 0.3 is 0 Å². The number of benzene rings is 2. The van der Waals surface area contributed by atoms with Crippen LogP contribution in [0.2, 0.25) is 5.02 Å². The fourth-order valence-electron chi connectivity index (χ4n) is 2.17. The van der Waals surface area contributed by atoms with E-state index < -0.39 is 10.0 Å². The van der Waals surface area contributed by atoms with Crippen molar-refractivity contribution in [3.05, 3.63) is 58.6 Å². The fourth-order valence-corrected chi connectivity index (χ4v) is 3.41. The third-order valence-electron chi connectivity index (χ3n) is 3.22. The van der Waals surface area contributed by atoms with E-state index >= 15 is 0 Å². The van der Waals surface area contributed by atoms with Crippen LogP contribution in [-0.2, 0) is 23.1 Å². The molecule has 0 atom stereocenters. The van der Waals surface area contributed by atoms with E-state index in [0.717, 1.165) is 17.7 Å². The first-order valence-electron chi connectivity index (χ1n) is 6.15. The van der Waals surface area contributed by atoms with Crippen LogP contribution in [-0.4, -0.2) is 8.42 Å².